The summed E-state index contributed by atoms with van der Waals surface area (Å²) in [6.45, 7) is 2.76. The zero-order valence-corrected chi connectivity index (χ0v) is 17.6. The van der Waals surface area contributed by atoms with Gasteiger partial charge in [0.15, 0.2) is 0 Å². The molecule has 1 aliphatic heterocycles. The van der Waals surface area contributed by atoms with E-state index < -0.39 is 0 Å². The summed E-state index contributed by atoms with van der Waals surface area (Å²) in [6.07, 6.45) is 0. The van der Waals surface area contributed by atoms with Gasteiger partial charge >= 0.3 is 5.97 Å². The van der Waals surface area contributed by atoms with Crippen LogP contribution in [0.15, 0.2) is 77.7 Å². The number of aromatic hydroxyl groups is 1. The van der Waals surface area contributed by atoms with Gasteiger partial charge in [-0.05, 0) is 36.2 Å². The molecule has 154 valence electrons. The van der Waals surface area contributed by atoms with Crippen molar-refractivity contribution in [2.24, 2.45) is 0 Å². The molecule has 2 atom stereocenters. The second-order valence-corrected chi connectivity index (χ2v) is 8.24. The van der Waals surface area contributed by atoms with Crippen molar-refractivity contribution >= 4 is 17.7 Å². The highest BCUT2D eigenvalue weighted by Gasteiger charge is 2.33. The van der Waals surface area contributed by atoms with E-state index in [1.54, 1.807) is 12.1 Å². The first-order valence-electron chi connectivity index (χ1n) is 10.0. The molecule has 0 spiro atoms. The number of hydrogen-bond acceptors (Lipinski definition) is 5. The fourth-order valence-electron chi connectivity index (χ4n) is 3.91. The molecule has 0 amide bonds. The largest absolute Gasteiger partial charge is 0.508 e. The van der Waals surface area contributed by atoms with Gasteiger partial charge in [-0.2, -0.15) is 0 Å². The van der Waals surface area contributed by atoms with Crippen LogP contribution in [0.2, 0.25) is 0 Å². The van der Waals surface area contributed by atoms with Crippen LogP contribution in [-0.2, 0) is 9.53 Å². The van der Waals surface area contributed by atoms with Crippen LogP contribution in [-0.4, -0.2) is 30.0 Å². The molecule has 30 heavy (non-hydrogen) atoms. The molecule has 4 nitrogen and oxygen atoms in total. The Labute approximate surface area is 180 Å². The quantitative estimate of drug-likeness (QED) is 0.430. The fourth-order valence-corrected chi connectivity index (χ4v) is 4.61. The standard InChI is InChI=1S/C25H24O4S/c1-2-28-24(27)16-30-20-11-8-18(9-12-20)25-21-13-10-19(26)14-23(21)29-15-22(25)17-6-4-3-5-7-17/h3-14,22,25-26H,2,15-16H2,1H3/t22-,25-/m0/s1. The Morgan fingerprint density at radius 1 is 1.07 bits per heavy atom. The molecule has 0 unspecified atom stereocenters. The van der Waals surface area contributed by atoms with Gasteiger partial charge in [0.25, 0.3) is 0 Å². The van der Waals surface area contributed by atoms with E-state index in [9.17, 15) is 9.90 Å². The Morgan fingerprint density at radius 2 is 1.83 bits per heavy atom. The van der Waals surface area contributed by atoms with Crippen molar-refractivity contribution in [2.75, 3.05) is 19.0 Å². The summed E-state index contributed by atoms with van der Waals surface area (Å²) in [4.78, 5) is 12.6. The van der Waals surface area contributed by atoms with E-state index in [-0.39, 0.29) is 23.6 Å². The van der Waals surface area contributed by atoms with Gasteiger partial charge in [-0.25, -0.2) is 0 Å². The summed E-state index contributed by atoms with van der Waals surface area (Å²) in [7, 11) is 0. The predicted molar refractivity (Wildman–Crippen MR) is 118 cm³/mol. The SMILES string of the molecule is CCOC(=O)CSc1ccc([C@H]2c3ccc(O)cc3OC[C@H]2c2ccccc2)cc1. The lowest BCUT2D eigenvalue weighted by Gasteiger charge is -2.34. The number of rotatable bonds is 6. The summed E-state index contributed by atoms with van der Waals surface area (Å²) in [5, 5.41) is 9.89. The summed E-state index contributed by atoms with van der Waals surface area (Å²) in [5.74, 6) is 1.32. The summed E-state index contributed by atoms with van der Waals surface area (Å²) < 4.78 is 11.0. The van der Waals surface area contributed by atoms with Gasteiger partial charge < -0.3 is 14.6 Å². The first-order chi connectivity index (χ1) is 14.7. The normalized spacial score (nSPS) is 17.6. The Morgan fingerprint density at radius 3 is 2.57 bits per heavy atom. The minimum absolute atomic E-state index is 0.112. The smallest absolute Gasteiger partial charge is 0.316 e. The van der Waals surface area contributed by atoms with Gasteiger partial charge in [0.05, 0.1) is 19.0 Å². The molecule has 0 bridgehead atoms. The van der Waals surface area contributed by atoms with Crippen LogP contribution in [0, 0.1) is 0 Å². The molecule has 3 aromatic carbocycles. The Bertz CT molecular complexity index is 1000. The Hall–Kier alpha value is -2.92. The van der Waals surface area contributed by atoms with Gasteiger partial charge in [0.1, 0.15) is 11.5 Å². The third-order valence-corrected chi connectivity index (χ3v) is 6.27. The first kappa shape index (κ1) is 20.4. The van der Waals surface area contributed by atoms with Gasteiger partial charge in [0, 0.05) is 28.4 Å². The highest BCUT2D eigenvalue weighted by atomic mass is 32.2. The van der Waals surface area contributed by atoms with Crippen molar-refractivity contribution in [1.82, 2.24) is 0 Å². The number of hydrogen-bond donors (Lipinski definition) is 1. The second kappa shape index (κ2) is 9.26. The predicted octanol–water partition coefficient (Wildman–Crippen LogP) is 5.36. The molecule has 0 fully saturated rings. The zero-order valence-electron chi connectivity index (χ0n) is 16.8. The molecular weight excluding hydrogens is 396 g/mol. The highest BCUT2D eigenvalue weighted by molar-refractivity contribution is 8.00. The molecule has 1 aliphatic rings. The number of esters is 1. The van der Waals surface area contributed by atoms with E-state index in [1.165, 1.54) is 22.9 Å². The first-order valence-corrected chi connectivity index (χ1v) is 11.0. The lowest BCUT2D eigenvalue weighted by molar-refractivity contribution is -0.139. The van der Waals surface area contributed by atoms with Gasteiger partial charge in [-0.1, -0.05) is 48.5 Å². The minimum Gasteiger partial charge on any atom is -0.508 e. The zero-order chi connectivity index (χ0) is 20.9. The molecule has 0 saturated heterocycles. The Kier molecular flexibility index (Phi) is 6.29. The molecular formula is C25H24O4S. The second-order valence-electron chi connectivity index (χ2n) is 7.19. The number of phenols is 1. The lowest BCUT2D eigenvalue weighted by Crippen LogP contribution is -2.25. The monoisotopic (exact) mass is 420 g/mol. The molecule has 1 heterocycles. The van der Waals surface area contributed by atoms with Crippen molar-refractivity contribution in [1.29, 1.82) is 0 Å². The number of thioether (sulfide) groups is 1. The average Bonchev–Trinajstić information content (AvgIpc) is 2.78. The van der Waals surface area contributed by atoms with E-state index >= 15 is 0 Å². The summed E-state index contributed by atoms with van der Waals surface area (Å²) in [5.41, 5.74) is 3.47. The third kappa shape index (κ3) is 4.46. The van der Waals surface area contributed by atoms with Crippen LogP contribution in [0.25, 0.3) is 0 Å². The van der Waals surface area contributed by atoms with Gasteiger partial charge in [0.2, 0.25) is 0 Å². The lowest BCUT2D eigenvalue weighted by atomic mass is 9.76. The molecule has 0 aliphatic carbocycles. The van der Waals surface area contributed by atoms with E-state index in [2.05, 4.69) is 36.4 Å². The topological polar surface area (TPSA) is 55.8 Å². The van der Waals surface area contributed by atoms with Crippen molar-refractivity contribution < 1.29 is 19.4 Å². The van der Waals surface area contributed by atoms with Crippen LogP contribution >= 0.6 is 11.8 Å². The maximum atomic E-state index is 11.6. The van der Waals surface area contributed by atoms with E-state index in [0.29, 0.717) is 19.0 Å². The van der Waals surface area contributed by atoms with Gasteiger partial charge in [-0.3, -0.25) is 4.79 Å². The molecule has 0 aromatic heterocycles. The summed E-state index contributed by atoms with van der Waals surface area (Å²) in [6, 6.07) is 24.1. The van der Waals surface area contributed by atoms with Crippen molar-refractivity contribution in [3.05, 3.63) is 89.5 Å². The molecule has 4 rings (SSSR count). The highest BCUT2D eigenvalue weighted by Crippen LogP contribution is 2.47. The average molecular weight is 421 g/mol. The third-order valence-electron chi connectivity index (χ3n) is 5.28. The van der Waals surface area contributed by atoms with Crippen LogP contribution in [0.4, 0.5) is 0 Å². The van der Waals surface area contributed by atoms with Crippen molar-refractivity contribution in [3.8, 4) is 11.5 Å². The van der Waals surface area contributed by atoms with Crippen molar-refractivity contribution in [3.63, 3.8) is 0 Å². The molecule has 1 N–H and O–H groups in total. The molecule has 0 radical (unpaired) electrons. The maximum Gasteiger partial charge on any atom is 0.316 e. The van der Waals surface area contributed by atoms with Crippen molar-refractivity contribution in [2.45, 2.75) is 23.7 Å². The molecule has 0 saturated carbocycles. The van der Waals surface area contributed by atoms with Crippen LogP contribution in [0.3, 0.4) is 0 Å². The summed E-state index contributed by atoms with van der Waals surface area (Å²) >= 11 is 1.48. The fraction of sp³-hybridized carbons (Fsp3) is 0.240. The molecule has 5 heteroatoms. The van der Waals surface area contributed by atoms with Gasteiger partial charge in [-0.15, -0.1) is 11.8 Å². The van der Waals surface area contributed by atoms with Crippen LogP contribution in [0.1, 0.15) is 35.4 Å². The van der Waals surface area contributed by atoms with Crippen LogP contribution in [0.5, 0.6) is 11.5 Å². The Balaban J connectivity index is 1.64. The number of benzene rings is 3. The number of carbonyl (C=O) groups is 1. The number of phenolic OH excluding ortho intramolecular Hbond substituents is 1. The van der Waals surface area contributed by atoms with E-state index in [1.807, 2.05) is 31.2 Å². The van der Waals surface area contributed by atoms with Crippen LogP contribution < -0.4 is 4.74 Å². The number of fused-ring (bicyclic) bond motifs is 1. The minimum atomic E-state index is -0.200. The number of carbonyl (C=O) groups excluding carboxylic acids is 1. The molecule has 3 aromatic rings. The maximum absolute atomic E-state index is 11.6. The van der Waals surface area contributed by atoms with E-state index in [4.69, 9.17) is 9.47 Å². The van der Waals surface area contributed by atoms with E-state index in [0.717, 1.165) is 16.2 Å². The number of ether oxygens (including phenoxy) is 2.